The minimum atomic E-state index is -0.0616. The van der Waals surface area contributed by atoms with Gasteiger partial charge in [-0.15, -0.1) is 0 Å². The molecule has 1 aromatic carbocycles. The lowest BCUT2D eigenvalue weighted by molar-refractivity contribution is -0.121. The van der Waals surface area contributed by atoms with Gasteiger partial charge in [0, 0.05) is 18.5 Å². The quantitative estimate of drug-likeness (QED) is 0.770. The van der Waals surface area contributed by atoms with Crippen molar-refractivity contribution in [2.45, 2.75) is 38.3 Å². The van der Waals surface area contributed by atoms with Crippen molar-refractivity contribution in [3.8, 4) is 0 Å². The molecule has 0 saturated carbocycles. The molecule has 1 amide bonds. The molecular formula is C15H24N2OS. The first-order chi connectivity index (χ1) is 9.13. The molecule has 0 spiro atoms. The monoisotopic (exact) mass is 280 g/mol. The highest BCUT2D eigenvalue weighted by Gasteiger charge is 2.10. The summed E-state index contributed by atoms with van der Waals surface area (Å²) in [5, 5.41) is 3.01. The van der Waals surface area contributed by atoms with Crippen molar-refractivity contribution in [1.29, 1.82) is 0 Å². The van der Waals surface area contributed by atoms with Crippen LogP contribution in [0.15, 0.2) is 30.3 Å². The molecule has 0 saturated heterocycles. The second kappa shape index (κ2) is 8.99. The summed E-state index contributed by atoms with van der Waals surface area (Å²) < 4.78 is 0. The van der Waals surface area contributed by atoms with Crippen LogP contribution in [-0.2, 0) is 4.79 Å². The number of amides is 1. The maximum Gasteiger partial charge on any atom is 0.220 e. The zero-order valence-corrected chi connectivity index (χ0v) is 12.6. The third kappa shape index (κ3) is 6.64. The molecule has 2 unspecified atom stereocenters. The SMILES string of the molecule is CSCCC(C)NC(=O)CCC(N)c1ccccc1. The van der Waals surface area contributed by atoms with Gasteiger partial charge in [-0.05, 0) is 37.3 Å². The second-order valence-electron chi connectivity index (χ2n) is 4.81. The number of thioether (sulfide) groups is 1. The van der Waals surface area contributed by atoms with E-state index in [0.29, 0.717) is 12.8 Å². The number of benzene rings is 1. The number of carbonyl (C=O) groups is 1. The van der Waals surface area contributed by atoms with E-state index in [1.807, 2.05) is 37.3 Å². The molecule has 0 aromatic heterocycles. The largest absolute Gasteiger partial charge is 0.354 e. The molecule has 4 heteroatoms. The molecular weight excluding hydrogens is 256 g/mol. The molecule has 0 aliphatic carbocycles. The summed E-state index contributed by atoms with van der Waals surface area (Å²) in [5.41, 5.74) is 7.16. The number of hydrogen-bond donors (Lipinski definition) is 2. The third-order valence-electron chi connectivity index (χ3n) is 3.07. The molecule has 0 heterocycles. The summed E-state index contributed by atoms with van der Waals surface area (Å²) in [6.07, 6.45) is 4.26. The van der Waals surface area contributed by atoms with Crippen LogP contribution < -0.4 is 11.1 Å². The van der Waals surface area contributed by atoms with Crippen LogP contribution in [-0.4, -0.2) is 24.0 Å². The standard InChI is InChI=1S/C15H24N2OS/c1-12(10-11-19-2)17-15(18)9-8-14(16)13-6-4-3-5-7-13/h3-7,12,14H,8-11,16H2,1-2H3,(H,17,18). The Balaban J connectivity index is 2.26. The molecule has 0 aliphatic rings. The number of carbonyl (C=O) groups excluding carboxylic acids is 1. The normalized spacial score (nSPS) is 13.8. The smallest absolute Gasteiger partial charge is 0.220 e. The van der Waals surface area contributed by atoms with Gasteiger partial charge in [0.25, 0.3) is 0 Å². The van der Waals surface area contributed by atoms with Gasteiger partial charge in [0.15, 0.2) is 0 Å². The maximum atomic E-state index is 11.8. The van der Waals surface area contributed by atoms with E-state index in [-0.39, 0.29) is 18.0 Å². The summed E-state index contributed by atoms with van der Waals surface area (Å²) in [7, 11) is 0. The van der Waals surface area contributed by atoms with Crippen molar-refractivity contribution >= 4 is 17.7 Å². The molecule has 0 bridgehead atoms. The van der Waals surface area contributed by atoms with Crippen LogP contribution in [0.2, 0.25) is 0 Å². The summed E-state index contributed by atoms with van der Waals surface area (Å²) >= 11 is 1.80. The Morgan fingerprint density at radius 3 is 2.63 bits per heavy atom. The molecule has 3 nitrogen and oxygen atoms in total. The van der Waals surface area contributed by atoms with Gasteiger partial charge >= 0.3 is 0 Å². The fraction of sp³-hybridized carbons (Fsp3) is 0.533. The Morgan fingerprint density at radius 2 is 2.00 bits per heavy atom. The molecule has 106 valence electrons. The fourth-order valence-corrected chi connectivity index (χ4v) is 2.46. The Labute approximate surface area is 120 Å². The summed E-state index contributed by atoms with van der Waals surface area (Å²) in [4.78, 5) is 11.8. The van der Waals surface area contributed by atoms with Gasteiger partial charge in [-0.2, -0.15) is 11.8 Å². The highest BCUT2D eigenvalue weighted by molar-refractivity contribution is 7.98. The van der Waals surface area contributed by atoms with Crippen LogP contribution in [0.25, 0.3) is 0 Å². The van der Waals surface area contributed by atoms with E-state index in [9.17, 15) is 4.79 Å². The first kappa shape index (κ1) is 16.1. The molecule has 0 fully saturated rings. The van der Waals surface area contributed by atoms with E-state index in [0.717, 1.165) is 17.7 Å². The summed E-state index contributed by atoms with van der Waals surface area (Å²) in [5.74, 6) is 1.17. The maximum absolute atomic E-state index is 11.8. The number of nitrogens with one attached hydrogen (secondary N) is 1. The number of rotatable bonds is 8. The van der Waals surface area contributed by atoms with E-state index in [1.165, 1.54) is 0 Å². The highest BCUT2D eigenvalue weighted by atomic mass is 32.2. The van der Waals surface area contributed by atoms with Crippen LogP contribution in [0.4, 0.5) is 0 Å². The van der Waals surface area contributed by atoms with Gasteiger partial charge in [0.1, 0.15) is 0 Å². The first-order valence-electron chi connectivity index (χ1n) is 6.72. The minimum absolute atomic E-state index is 0.0616. The Morgan fingerprint density at radius 1 is 1.32 bits per heavy atom. The van der Waals surface area contributed by atoms with E-state index in [2.05, 4.69) is 11.6 Å². The second-order valence-corrected chi connectivity index (χ2v) is 5.79. The van der Waals surface area contributed by atoms with Gasteiger partial charge in [0.2, 0.25) is 5.91 Å². The summed E-state index contributed by atoms with van der Waals surface area (Å²) in [6, 6.07) is 10.1. The van der Waals surface area contributed by atoms with Gasteiger partial charge in [-0.25, -0.2) is 0 Å². The van der Waals surface area contributed by atoms with E-state index in [1.54, 1.807) is 11.8 Å². The average molecular weight is 280 g/mol. The van der Waals surface area contributed by atoms with E-state index in [4.69, 9.17) is 5.73 Å². The lowest BCUT2D eigenvalue weighted by Crippen LogP contribution is -2.33. The van der Waals surface area contributed by atoms with Crippen LogP contribution in [0, 0.1) is 0 Å². The first-order valence-corrected chi connectivity index (χ1v) is 8.11. The Bertz CT molecular complexity index is 370. The molecule has 1 rings (SSSR count). The lowest BCUT2D eigenvalue weighted by atomic mass is 10.0. The zero-order valence-electron chi connectivity index (χ0n) is 11.8. The molecule has 0 radical (unpaired) electrons. The van der Waals surface area contributed by atoms with Crippen molar-refractivity contribution in [2.75, 3.05) is 12.0 Å². The van der Waals surface area contributed by atoms with E-state index < -0.39 is 0 Å². The van der Waals surface area contributed by atoms with Gasteiger partial charge in [-0.3, -0.25) is 4.79 Å². The van der Waals surface area contributed by atoms with Crippen LogP contribution in [0.5, 0.6) is 0 Å². The van der Waals surface area contributed by atoms with Crippen LogP contribution >= 0.6 is 11.8 Å². The predicted molar refractivity (Wildman–Crippen MR) is 83.2 cm³/mol. The number of hydrogen-bond acceptors (Lipinski definition) is 3. The van der Waals surface area contributed by atoms with Crippen LogP contribution in [0.3, 0.4) is 0 Å². The molecule has 0 aliphatic heterocycles. The summed E-state index contributed by atoms with van der Waals surface area (Å²) in [6.45, 7) is 2.05. The average Bonchev–Trinajstić information content (AvgIpc) is 2.43. The van der Waals surface area contributed by atoms with Crippen molar-refractivity contribution < 1.29 is 4.79 Å². The van der Waals surface area contributed by atoms with Crippen molar-refractivity contribution in [1.82, 2.24) is 5.32 Å². The lowest BCUT2D eigenvalue weighted by Gasteiger charge is -2.15. The van der Waals surface area contributed by atoms with Crippen LogP contribution in [0.1, 0.15) is 37.8 Å². The fourth-order valence-electron chi connectivity index (χ4n) is 1.87. The molecule has 2 atom stereocenters. The third-order valence-corrected chi connectivity index (χ3v) is 3.72. The zero-order chi connectivity index (χ0) is 14.1. The molecule has 19 heavy (non-hydrogen) atoms. The predicted octanol–water partition coefficient (Wildman–Crippen LogP) is 2.72. The Hall–Kier alpha value is -1.00. The topological polar surface area (TPSA) is 55.1 Å². The van der Waals surface area contributed by atoms with E-state index >= 15 is 0 Å². The van der Waals surface area contributed by atoms with Gasteiger partial charge in [0.05, 0.1) is 0 Å². The van der Waals surface area contributed by atoms with Crippen molar-refractivity contribution in [3.05, 3.63) is 35.9 Å². The highest BCUT2D eigenvalue weighted by Crippen LogP contribution is 2.15. The number of nitrogens with two attached hydrogens (primary N) is 1. The molecule has 3 N–H and O–H groups in total. The van der Waals surface area contributed by atoms with Gasteiger partial charge in [-0.1, -0.05) is 30.3 Å². The Kier molecular flexibility index (Phi) is 7.60. The van der Waals surface area contributed by atoms with Crippen molar-refractivity contribution in [3.63, 3.8) is 0 Å². The molecule has 1 aromatic rings. The van der Waals surface area contributed by atoms with Gasteiger partial charge < -0.3 is 11.1 Å². The minimum Gasteiger partial charge on any atom is -0.354 e. The van der Waals surface area contributed by atoms with Crippen molar-refractivity contribution in [2.24, 2.45) is 5.73 Å².